The predicted molar refractivity (Wildman–Crippen MR) is 113 cm³/mol. The number of carbonyl (C=O) groups is 2. The number of nitrogens with zero attached hydrogens (tertiary/aromatic N) is 1. The van der Waals surface area contributed by atoms with E-state index in [0.29, 0.717) is 28.7 Å². The Morgan fingerprint density at radius 3 is 2.54 bits per heavy atom. The van der Waals surface area contributed by atoms with Gasteiger partial charge in [0, 0.05) is 28.7 Å². The first kappa shape index (κ1) is 20.7. The van der Waals surface area contributed by atoms with Gasteiger partial charge in [-0.15, -0.1) is 0 Å². The molecule has 2 aromatic rings. The van der Waals surface area contributed by atoms with Gasteiger partial charge < -0.3 is 10.2 Å². The van der Waals surface area contributed by atoms with Crippen molar-refractivity contribution in [3.05, 3.63) is 69.2 Å². The summed E-state index contributed by atoms with van der Waals surface area (Å²) < 4.78 is 0. The number of benzene rings is 2. The highest BCUT2D eigenvalue weighted by molar-refractivity contribution is 6.35. The van der Waals surface area contributed by atoms with Crippen molar-refractivity contribution < 1.29 is 9.59 Å². The maximum absolute atomic E-state index is 12.8. The molecule has 4 nitrogen and oxygen atoms in total. The molecule has 1 aliphatic heterocycles. The lowest BCUT2D eigenvalue weighted by Crippen LogP contribution is -2.45. The smallest absolute Gasteiger partial charge is 0.253 e. The molecule has 0 aliphatic carbocycles. The zero-order valence-corrected chi connectivity index (χ0v) is 17.6. The molecule has 3 rings (SSSR count). The topological polar surface area (TPSA) is 49.4 Å². The van der Waals surface area contributed by atoms with Crippen LogP contribution < -0.4 is 5.32 Å². The predicted octanol–water partition coefficient (Wildman–Crippen LogP) is 5.03. The van der Waals surface area contributed by atoms with Crippen molar-refractivity contribution in [2.45, 2.75) is 32.7 Å². The van der Waals surface area contributed by atoms with Gasteiger partial charge in [-0.2, -0.15) is 0 Å². The molecule has 0 radical (unpaired) electrons. The van der Waals surface area contributed by atoms with Gasteiger partial charge in [0.05, 0.1) is 12.0 Å². The Labute approximate surface area is 175 Å². The van der Waals surface area contributed by atoms with E-state index >= 15 is 0 Å². The third-order valence-corrected chi connectivity index (χ3v) is 5.73. The summed E-state index contributed by atoms with van der Waals surface area (Å²) in [5.74, 6) is -0.303. The SMILES string of the molecule is Cc1ccc(C(=O)N2CCCC(C(=O)NC(C)c3ccc(Cl)cc3Cl)C2)cc1. The first-order chi connectivity index (χ1) is 13.3. The highest BCUT2D eigenvalue weighted by Gasteiger charge is 2.29. The minimum Gasteiger partial charge on any atom is -0.349 e. The average molecular weight is 419 g/mol. The number of piperidine rings is 1. The quantitative estimate of drug-likeness (QED) is 0.756. The summed E-state index contributed by atoms with van der Waals surface area (Å²) in [6.45, 7) is 4.99. The molecule has 2 unspecified atom stereocenters. The Balaban J connectivity index is 1.63. The molecule has 0 aromatic heterocycles. The van der Waals surface area contributed by atoms with E-state index in [1.807, 2.05) is 44.2 Å². The van der Waals surface area contributed by atoms with E-state index in [4.69, 9.17) is 23.2 Å². The van der Waals surface area contributed by atoms with Crippen LogP contribution in [0.1, 0.15) is 47.3 Å². The number of likely N-dealkylation sites (tertiary alicyclic amines) is 1. The number of amides is 2. The lowest BCUT2D eigenvalue weighted by molar-refractivity contribution is -0.127. The molecule has 2 atom stereocenters. The van der Waals surface area contributed by atoms with Gasteiger partial charge in [0.2, 0.25) is 5.91 Å². The summed E-state index contributed by atoms with van der Waals surface area (Å²) in [7, 11) is 0. The Morgan fingerprint density at radius 2 is 1.86 bits per heavy atom. The van der Waals surface area contributed by atoms with E-state index in [0.717, 1.165) is 24.0 Å². The Bertz CT molecular complexity index is 867. The van der Waals surface area contributed by atoms with Gasteiger partial charge in [-0.05, 0) is 56.5 Å². The number of rotatable bonds is 4. The summed E-state index contributed by atoms with van der Waals surface area (Å²) in [5, 5.41) is 4.12. The van der Waals surface area contributed by atoms with Crippen LogP contribution >= 0.6 is 23.2 Å². The molecule has 1 saturated heterocycles. The highest BCUT2D eigenvalue weighted by Crippen LogP contribution is 2.27. The van der Waals surface area contributed by atoms with Gasteiger partial charge in [-0.3, -0.25) is 9.59 Å². The second kappa shape index (κ2) is 8.97. The van der Waals surface area contributed by atoms with Crippen LogP contribution in [-0.2, 0) is 4.79 Å². The molecule has 0 spiro atoms. The first-order valence-electron chi connectivity index (χ1n) is 9.46. The number of hydrogen-bond donors (Lipinski definition) is 1. The molecule has 1 aliphatic rings. The second-order valence-electron chi connectivity index (χ2n) is 7.35. The van der Waals surface area contributed by atoms with Gasteiger partial charge in [0.1, 0.15) is 0 Å². The van der Waals surface area contributed by atoms with Crippen molar-refractivity contribution in [3.8, 4) is 0 Å². The van der Waals surface area contributed by atoms with Crippen LogP contribution in [-0.4, -0.2) is 29.8 Å². The summed E-state index contributed by atoms with van der Waals surface area (Å²) in [4.78, 5) is 27.3. The van der Waals surface area contributed by atoms with Crippen LogP contribution in [0, 0.1) is 12.8 Å². The summed E-state index contributed by atoms with van der Waals surface area (Å²) >= 11 is 12.2. The Morgan fingerprint density at radius 1 is 1.14 bits per heavy atom. The first-order valence-corrected chi connectivity index (χ1v) is 10.2. The molecule has 2 aromatic carbocycles. The van der Waals surface area contributed by atoms with Crippen molar-refractivity contribution in [1.29, 1.82) is 0 Å². The average Bonchev–Trinajstić information content (AvgIpc) is 2.68. The Hall–Kier alpha value is -2.04. The zero-order valence-electron chi connectivity index (χ0n) is 16.0. The van der Waals surface area contributed by atoms with E-state index in [-0.39, 0.29) is 23.8 Å². The van der Waals surface area contributed by atoms with Crippen molar-refractivity contribution >= 4 is 35.0 Å². The normalized spacial score (nSPS) is 17.9. The minimum atomic E-state index is -0.236. The third-order valence-electron chi connectivity index (χ3n) is 5.17. The summed E-state index contributed by atoms with van der Waals surface area (Å²) in [6.07, 6.45) is 1.58. The monoisotopic (exact) mass is 418 g/mol. The fourth-order valence-corrected chi connectivity index (χ4v) is 4.09. The van der Waals surface area contributed by atoms with E-state index in [1.54, 1.807) is 17.0 Å². The molecule has 1 N–H and O–H groups in total. The van der Waals surface area contributed by atoms with Crippen molar-refractivity contribution in [2.75, 3.05) is 13.1 Å². The van der Waals surface area contributed by atoms with Crippen LogP contribution in [0.25, 0.3) is 0 Å². The van der Waals surface area contributed by atoms with Gasteiger partial charge in [0.25, 0.3) is 5.91 Å². The molecule has 28 heavy (non-hydrogen) atoms. The number of nitrogens with one attached hydrogen (secondary N) is 1. The Kier molecular flexibility index (Phi) is 6.63. The van der Waals surface area contributed by atoms with Crippen molar-refractivity contribution in [1.82, 2.24) is 10.2 Å². The number of aryl methyl sites for hydroxylation is 1. The van der Waals surface area contributed by atoms with E-state index in [1.165, 1.54) is 0 Å². The molecule has 148 valence electrons. The molecular formula is C22H24Cl2N2O2. The van der Waals surface area contributed by atoms with Crippen LogP contribution in [0.4, 0.5) is 0 Å². The van der Waals surface area contributed by atoms with Gasteiger partial charge in [0.15, 0.2) is 0 Å². The number of carbonyl (C=O) groups excluding carboxylic acids is 2. The van der Waals surface area contributed by atoms with Crippen molar-refractivity contribution in [3.63, 3.8) is 0 Å². The largest absolute Gasteiger partial charge is 0.349 e. The number of halogens is 2. The van der Waals surface area contributed by atoms with Crippen LogP contribution in [0.15, 0.2) is 42.5 Å². The van der Waals surface area contributed by atoms with E-state index in [2.05, 4.69) is 5.32 Å². The van der Waals surface area contributed by atoms with Crippen LogP contribution in [0.3, 0.4) is 0 Å². The number of hydrogen-bond acceptors (Lipinski definition) is 2. The molecule has 6 heteroatoms. The zero-order chi connectivity index (χ0) is 20.3. The fraction of sp³-hybridized carbons (Fsp3) is 0.364. The van der Waals surface area contributed by atoms with E-state index in [9.17, 15) is 9.59 Å². The minimum absolute atomic E-state index is 0.0219. The third kappa shape index (κ3) is 4.86. The maximum atomic E-state index is 12.8. The van der Waals surface area contributed by atoms with E-state index < -0.39 is 0 Å². The fourth-order valence-electron chi connectivity index (χ4n) is 3.52. The lowest BCUT2D eigenvalue weighted by atomic mass is 9.95. The van der Waals surface area contributed by atoms with Gasteiger partial charge >= 0.3 is 0 Å². The van der Waals surface area contributed by atoms with Gasteiger partial charge in [-0.25, -0.2) is 0 Å². The molecular weight excluding hydrogens is 395 g/mol. The van der Waals surface area contributed by atoms with Gasteiger partial charge in [-0.1, -0.05) is 47.0 Å². The van der Waals surface area contributed by atoms with Crippen LogP contribution in [0.2, 0.25) is 10.0 Å². The standard InChI is InChI=1S/C22H24Cl2N2O2/c1-14-5-7-16(8-6-14)22(28)26-11-3-4-17(13-26)21(27)25-15(2)19-10-9-18(23)12-20(19)24/h5-10,12,15,17H,3-4,11,13H2,1-2H3,(H,25,27). The molecule has 0 saturated carbocycles. The van der Waals surface area contributed by atoms with Crippen LogP contribution in [0.5, 0.6) is 0 Å². The second-order valence-corrected chi connectivity index (χ2v) is 8.20. The summed E-state index contributed by atoms with van der Waals surface area (Å²) in [5.41, 5.74) is 2.60. The molecule has 2 amide bonds. The molecule has 1 fully saturated rings. The summed E-state index contributed by atoms with van der Waals surface area (Å²) in [6, 6.07) is 12.6. The highest BCUT2D eigenvalue weighted by atomic mass is 35.5. The maximum Gasteiger partial charge on any atom is 0.253 e. The molecule has 1 heterocycles. The lowest BCUT2D eigenvalue weighted by Gasteiger charge is -2.33. The molecule has 0 bridgehead atoms. The van der Waals surface area contributed by atoms with Crippen molar-refractivity contribution in [2.24, 2.45) is 5.92 Å².